The molecule has 0 aliphatic carbocycles. The summed E-state index contributed by atoms with van der Waals surface area (Å²) < 4.78 is 0. The summed E-state index contributed by atoms with van der Waals surface area (Å²) in [5, 5.41) is 3.37. The Morgan fingerprint density at radius 2 is 2.00 bits per heavy atom. The van der Waals surface area contributed by atoms with E-state index in [1.807, 2.05) is 0 Å². The van der Waals surface area contributed by atoms with Crippen molar-refractivity contribution in [3.05, 3.63) is 29.3 Å². The zero-order chi connectivity index (χ0) is 15.7. The first-order valence-corrected chi connectivity index (χ1v) is 8.44. The highest BCUT2D eigenvalue weighted by atomic mass is 35.5. The third-order valence-corrected chi connectivity index (χ3v) is 5.15. The molecule has 2 fully saturated rings. The molecule has 3 rings (SSSR count). The molecule has 1 aromatic rings. The number of halogens is 1. The van der Waals surface area contributed by atoms with Crippen LogP contribution >= 0.6 is 23.4 Å². The van der Waals surface area contributed by atoms with Crippen molar-refractivity contribution in [2.75, 3.05) is 17.2 Å². The molecule has 0 bridgehead atoms. The first-order valence-electron chi connectivity index (χ1n) is 7.07. The van der Waals surface area contributed by atoms with Crippen LogP contribution in [-0.4, -0.2) is 35.3 Å². The Labute approximate surface area is 137 Å². The zero-order valence-corrected chi connectivity index (χ0v) is 13.3. The maximum absolute atomic E-state index is 12.3. The molecule has 1 N–H and O–H groups in total. The summed E-state index contributed by atoms with van der Waals surface area (Å²) in [5.41, 5.74) is 0.734. The number of thioether (sulfide) groups is 1. The van der Waals surface area contributed by atoms with Gasteiger partial charge in [0.15, 0.2) is 0 Å². The first-order chi connectivity index (χ1) is 10.5. The van der Waals surface area contributed by atoms with E-state index < -0.39 is 12.0 Å². The molecule has 2 unspecified atom stereocenters. The van der Waals surface area contributed by atoms with Gasteiger partial charge >= 0.3 is 0 Å². The normalized spacial score (nSPS) is 24.9. The van der Waals surface area contributed by atoms with Crippen molar-refractivity contribution in [1.82, 2.24) is 5.32 Å². The Morgan fingerprint density at radius 3 is 2.64 bits per heavy atom. The van der Waals surface area contributed by atoms with Gasteiger partial charge < -0.3 is 10.2 Å². The minimum absolute atomic E-state index is 0.00670. The molecule has 5 nitrogen and oxygen atoms in total. The molecule has 0 saturated carbocycles. The van der Waals surface area contributed by atoms with Gasteiger partial charge in [0.2, 0.25) is 16.9 Å². The van der Waals surface area contributed by atoms with Crippen LogP contribution in [0.5, 0.6) is 0 Å². The predicted molar refractivity (Wildman–Crippen MR) is 85.9 cm³/mol. The monoisotopic (exact) mass is 338 g/mol. The molecule has 116 valence electrons. The Bertz CT molecular complexity index is 620. The Kier molecular flexibility index (Phi) is 4.40. The van der Waals surface area contributed by atoms with Crippen molar-refractivity contribution in [2.24, 2.45) is 5.92 Å². The molecule has 2 saturated heterocycles. The van der Waals surface area contributed by atoms with E-state index in [1.165, 1.54) is 11.8 Å². The lowest BCUT2D eigenvalue weighted by Crippen LogP contribution is -2.41. The second kappa shape index (κ2) is 6.30. The molecule has 2 amide bonds. The first kappa shape index (κ1) is 15.4. The number of carbonyl (C=O) groups is 3. The van der Waals surface area contributed by atoms with Crippen molar-refractivity contribution in [3.8, 4) is 0 Å². The van der Waals surface area contributed by atoms with Gasteiger partial charge in [-0.2, -0.15) is 0 Å². The number of amides is 2. The molecule has 7 heteroatoms. The van der Waals surface area contributed by atoms with Gasteiger partial charge in [0, 0.05) is 29.4 Å². The molecular formula is C15H15ClN2O3S. The zero-order valence-electron chi connectivity index (χ0n) is 11.8. The van der Waals surface area contributed by atoms with Gasteiger partial charge in [-0.25, -0.2) is 0 Å². The van der Waals surface area contributed by atoms with Crippen LogP contribution in [0.2, 0.25) is 5.02 Å². The highest BCUT2D eigenvalue weighted by molar-refractivity contribution is 8.14. The standard InChI is InChI=1S/C15H15ClN2O3S/c16-10-1-3-11(4-2-10)18-8-9(7-13(18)19)14(20)17-12-5-6-22-15(12)21/h1-4,9,12H,5-8H2,(H,17,20). The van der Waals surface area contributed by atoms with Crippen molar-refractivity contribution in [1.29, 1.82) is 0 Å². The molecule has 2 heterocycles. The van der Waals surface area contributed by atoms with Crippen molar-refractivity contribution in [2.45, 2.75) is 18.9 Å². The summed E-state index contributed by atoms with van der Waals surface area (Å²) in [5.74, 6) is 0.0198. The second-order valence-corrected chi connectivity index (χ2v) is 6.93. The Balaban J connectivity index is 1.65. The van der Waals surface area contributed by atoms with Crippen LogP contribution < -0.4 is 10.2 Å². The van der Waals surface area contributed by atoms with E-state index in [2.05, 4.69) is 5.32 Å². The van der Waals surface area contributed by atoms with Gasteiger partial charge in [0.1, 0.15) is 0 Å². The van der Waals surface area contributed by atoms with Gasteiger partial charge in [0.25, 0.3) is 0 Å². The lowest BCUT2D eigenvalue weighted by Gasteiger charge is -2.17. The molecular weight excluding hydrogens is 324 g/mol. The van der Waals surface area contributed by atoms with Gasteiger partial charge in [-0.05, 0) is 30.7 Å². The minimum Gasteiger partial charge on any atom is -0.345 e. The molecule has 0 spiro atoms. The fraction of sp³-hybridized carbons (Fsp3) is 0.400. The molecule has 0 radical (unpaired) electrons. The number of hydrogen-bond acceptors (Lipinski definition) is 4. The fourth-order valence-corrected chi connectivity index (χ4v) is 3.73. The van der Waals surface area contributed by atoms with Crippen LogP contribution in [0.4, 0.5) is 5.69 Å². The maximum atomic E-state index is 12.3. The summed E-state index contributed by atoms with van der Waals surface area (Å²) in [7, 11) is 0. The largest absolute Gasteiger partial charge is 0.345 e. The quantitative estimate of drug-likeness (QED) is 0.913. The average Bonchev–Trinajstić information content (AvgIpc) is 3.07. The maximum Gasteiger partial charge on any atom is 0.227 e. The molecule has 0 aromatic heterocycles. The molecule has 22 heavy (non-hydrogen) atoms. The summed E-state index contributed by atoms with van der Waals surface area (Å²) in [4.78, 5) is 37.5. The summed E-state index contributed by atoms with van der Waals surface area (Å²) in [6.07, 6.45) is 0.833. The highest BCUT2D eigenvalue weighted by Crippen LogP contribution is 2.27. The lowest BCUT2D eigenvalue weighted by atomic mass is 10.1. The summed E-state index contributed by atoms with van der Waals surface area (Å²) in [6, 6.07) is 6.55. The van der Waals surface area contributed by atoms with Crippen LogP contribution in [0.1, 0.15) is 12.8 Å². The minimum atomic E-state index is -0.415. The number of hydrogen-bond donors (Lipinski definition) is 1. The van der Waals surface area contributed by atoms with Crippen LogP contribution in [-0.2, 0) is 14.4 Å². The van der Waals surface area contributed by atoms with E-state index in [4.69, 9.17) is 11.6 Å². The van der Waals surface area contributed by atoms with E-state index in [0.717, 1.165) is 11.4 Å². The highest BCUT2D eigenvalue weighted by Gasteiger charge is 2.37. The van der Waals surface area contributed by atoms with E-state index in [1.54, 1.807) is 29.2 Å². The second-order valence-electron chi connectivity index (χ2n) is 5.40. The predicted octanol–water partition coefficient (Wildman–Crippen LogP) is 1.84. The number of rotatable bonds is 3. The summed E-state index contributed by atoms with van der Waals surface area (Å²) in [6.45, 7) is 0.334. The third kappa shape index (κ3) is 3.13. The third-order valence-electron chi connectivity index (χ3n) is 3.89. The Hall–Kier alpha value is -1.53. The number of carbonyl (C=O) groups excluding carboxylic acids is 3. The van der Waals surface area contributed by atoms with Crippen molar-refractivity contribution in [3.63, 3.8) is 0 Å². The average molecular weight is 339 g/mol. The van der Waals surface area contributed by atoms with Crippen LogP contribution in [0, 0.1) is 5.92 Å². The van der Waals surface area contributed by atoms with Crippen LogP contribution in [0.25, 0.3) is 0 Å². The smallest absolute Gasteiger partial charge is 0.227 e. The number of nitrogens with one attached hydrogen (secondary N) is 1. The van der Waals surface area contributed by atoms with E-state index in [9.17, 15) is 14.4 Å². The summed E-state index contributed by atoms with van der Waals surface area (Å²) >= 11 is 7.09. The topological polar surface area (TPSA) is 66.5 Å². The van der Waals surface area contributed by atoms with E-state index in [0.29, 0.717) is 18.0 Å². The SMILES string of the molecule is O=C(NC1CCSC1=O)C1CC(=O)N(c2ccc(Cl)cc2)C1. The van der Waals surface area contributed by atoms with Crippen LogP contribution in [0.15, 0.2) is 24.3 Å². The molecule has 2 aliphatic rings. The van der Waals surface area contributed by atoms with Crippen molar-refractivity contribution < 1.29 is 14.4 Å². The number of anilines is 1. The van der Waals surface area contributed by atoms with E-state index >= 15 is 0 Å². The number of benzene rings is 1. The fourth-order valence-electron chi connectivity index (χ4n) is 2.67. The van der Waals surface area contributed by atoms with E-state index in [-0.39, 0.29) is 23.4 Å². The van der Waals surface area contributed by atoms with Crippen LogP contribution in [0.3, 0.4) is 0 Å². The van der Waals surface area contributed by atoms with Crippen molar-refractivity contribution >= 4 is 46.0 Å². The van der Waals surface area contributed by atoms with Gasteiger partial charge in [-0.15, -0.1) is 0 Å². The van der Waals surface area contributed by atoms with Gasteiger partial charge in [-0.3, -0.25) is 14.4 Å². The molecule has 1 aromatic carbocycles. The lowest BCUT2D eigenvalue weighted by molar-refractivity contribution is -0.128. The molecule has 2 aliphatic heterocycles. The van der Waals surface area contributed by atoms with Gasteiger partial charge in [-0.1, -0.05) is 23.4 Å². The molecule has 2 atom stereocenters. The number of nitrogens with zero attached hydrogens (tertiary/aromatic N) is 1. The Morgan fingerprint density at radius 1 is 1.27 bits per heavy atom. The van der Waals surface area contributed by atoms with Gasteiger partial charge in [0.05, 0.1) is 12.0 Å².